The first kappa shape index (κ1) is 13.2. The van der Waals surface area contributed by atoms with Crippen LogP contribution in [-0.2, 0) is 0 Å². The van der Waals surface area contributed by atoms with Crippen LogP contribution in [0, 0.1) is 0 Å². The van der Waals surface area contributed by atoms with Crippen molar-refractivity contribution in [3.8, 4) is 5.75 Å². The number of piperidine rings is 1. The van der Waals surface area contributed by atoms with Gasteiger partial charge in [0.05, 0.1) is 5.56 Å². The first-order valence-electron chi connectivity index (χ1n) is 6.17. The summed E-state index contributed by atoms with van der Waals surface area (Å²) in [7, 11) is 0. The van der Waals surface area contributed by atoms with Gasteiger partial charge in [-0.2, -0.15) is 0 Å². The molecule has 1 unspecified atom stereocenters. The van der Waals surface area contributed by atoms with Crippen molar-refractivity contribution in [2.45, 2.75) is 25.3 Å². The number of amides is 1. The third kappa shape index (κ3) is 3.37. The Bertz CT molecular complexity index is 431. The van der Waals surface area contributed by atoms with E-state index >= 15 is 0 Å². The number of carbonyl (C=O) groups is 1. The van der Waals surface area contributed by atoms with Crippen LogP contribution < -0.4 is 10.6 Å². The van der Waals surface area contributed by atoms with E-state index in [9.17, 15) is 9.90 Å². The summed E-state index contributed by atoms with van der Waals surface area (Å²) in [5.74, 6) is -0.354. The highest BCUT2D eigenvalue weighted by Gasteiger charge is 2.15. The van der Waals surface area contributed by atoms with E-state index in [0.717, 1.165) is 13.0 Å². The molecule has 3 N–H and O–H groups in total. The van der Waals surface area contributed by atoms with Crippen LogP contribution in [0.4, 0.5) is 0 Å². The molecule has 1 aromatic carbocycles. The van der Waals surface area contributed by atoms with Gasteiger partial charge in [-0.25, -0.2) is 0 Å². The van der Waals surface area contributed by atoms with E-state index in [2.05, 4.69) is 10.6 Å². The Kier molecular flexibility index (Phi) is 4.44. The molecule has 0 aliphatic carbocycles. The topological polar surface area (TPSA) is 61.4 Å². The monoisotopic (exact) mass is 268 g/mol. The van der Waals surface area contributed by atoms with E-state index in [1.807, 2.05) is 0 Å². The quantitative estimate of drug-likeness (QED) is 0.785. The standard InChI is InChI=1S/C13H17ClN2O2/c14-9-4-5-11(12(17)7-9)13(18)16-8-10-3-1-2-6-15-10/h4-5,7,10,15,17H,1-3,6,8H2,(H,16,18). The van der Waals surface area contributed by atoms with Gasteiger partial charge in [-0.3, -0.25) is 4.79 Å². The Morgan fingerprint density at radius 3 is 3.00 bits per heavy atom. The molecular formula is C13H17ClN2O2. The van der Waals surface area contributed by atoms with Gasteiger partial charge in [-0.05, 0) is 37.6 Å². The van der Waals surface area contributed by atoms with Crippen molar-refractivity contribution in [1.29, 1.82) is 0 Å². The second-order valence-corrected chi connectivity index (χ2v) is 4.95. The fourth-order valence-electron chi connectivity index (χ4n) is 2.11. The van der Waals surface area contributed by atoms with E-state index in [4.69, 9.17) is 11.6 Å². The molecule has 1 amide bonds. The lowest BCUT2D eigenvalue weighted by Crippen LogP contribution is -2.43. The molecule has 98 valence electrons. The highest BCUT2D eigenvalue weighted by molar-refractivity contribution is 6.30. The normalized spacial score (nSPS) is 19.5. The number of hydrogen-bond donors (Lipinski definition) is 3. The Morgan fingerprint density at radius 2 is 2.33 bits per heavy atom. The molecule has 1 fully saturated rings. The molecule has 4 nitrogen and oxygen atoms in total. The third-order valence-corrected chi connectivity index (χ3v) is 3.36. The molecule has 1 saturated heterocycles. The minimum atomic E-state index is -0.267. The predicted molar refractivity (Wildman–Crippen MR) is 71.1 cm³/mol. The Balaban J connectivity index is 1.90. The molecule has 0 saturated carbocycles. The maximum Gasteiger partial charge on any atom is 0.255 e. The minimum Gasteiger partial charge on any atom is -0.507 e. The van der Waals surface area contributed by atoms with Gasteiger partial charge in [-0.1, -0.05) is 18.0 Å². The van der Waals surface area contributed by atoms with Crippen LogP contribution in [0.25, 0.3) is 0 Å². The zero-order valence-electron chi connectivity index (χ0n) is 10.1. The smallest absolute Gasteiger partial charge is 0.255 e. The Morgan fingerprint density at radius 1 is 1.50 bits per heavy atom. The fraction of sp³-hybridized carbons (Fsp3) is 0.462. The number of carbonyl (C=O) groups excluding carboxylic acids is 1. The van der Waals surface area contributed by atoms with Crippen LogP contribution in [0.5, 0.6) is 5.75 Å². The van der Waals surface area contributed by atoms with E-state index in [0.29, 0.717) is 17.6 Å². The van der Waals surface area contributed by atoms with Crippen LogP contribution in [0.3, 0.4) is 0 Å². The van der Waals surface area contributed by atoms with Crippen LogP contribution in [-0.4, -0.2) is 30.1 Å². The van der Waals surface area contributed by atoms with Crippen LogP contribution in [0.1, 0.15) is 29.6 Å². The van der Waals surface area contributed by atoms with Gasteiger partial charge in [0.15, 0.2) is 0 Å². The van der Waals surface area contributed by atoms with Gasteiger partial charge in [0, 0.05) is 17.6 Å². The van der Waals surface area contributed by atoms with Crippen LogP contribution >= 0.6 is 11.6 Å². The van der Waals surface area contributed by atoms with Gasteiger partial charge >= 0.3 is 0 Å². The number of aromatic hydroxyl groups is 1. The van der Waals surface area contributed by atoms with Gasteiger partial charge in [0.1, 0.15) is 5.75 Å². The highest BCUT2D eigenvalue weighted by Crippen LogP contribution is 2.21. The van der Waals surface area contributed by atoms with Crippen molar-refractivity contribution < 1.29 is 9.90 Å². The van der Waals surface area contributed by atoms with Crippen molar-refractivity contribution >= 4 is 17.5 Å². The molecule has 5 heteroatoms. The molecule has 0 aromatic heterocycles. The second kappa shape index (κ2) is 6.07. The summed E-state index contributed by atoms with van der Waals surface area (Å²) in [6.45, 7) is 1.59. The number of hydrogen-bond acceptors (Lipinski definition) is 3. The average Bonchev–Trinajstić information content (AvgIpc) is 2.37. The second-order valence-electron chi connectivity index (χ2n) is 4.52. The van der Waals surface area contributed by atoms with Gasteiger partial charge < -0.3 is 15.7 Å². The molecule has 1 aliphatic heterocycles. The van der Waals surface area contributed by atoms with Gasteiger partial charge in [0.25, 0.3) is 5.91 Å². The van der Waals surface area contributed by atoms with Crippen molar-refractivity contribution in [1.82, 2.24) is 10.6 Å². The number of phenolic OH excluding ortho intramolecular Hbond substituents is 1. The molecular weight excluding hydrogens is 252 g/mol. The summed E-state index contributed by atoms with van der Waals surface area (Å²) in [5.41, 5.74) is 0.259. The van der Waals surface area contributed by atoms with Crippen molar-refractivity contribution in [2.75, 3.05) is 13.1 Å². The summed E-state index contributed by atoms with van der Waals surface area (Å²) >= 11 is 5.72. The SMILES string of the molecule is O=C(NCC1CCCCN1)c1ccc(Cl)cc1O. The Labute approximate surface area is 111 Å². The van der Waals surface area contributed by atoms with Gasteiger partial charge in [-0.15, -0.1) is 0 Å². The number of phenols is 1. The number of rotatable bonds is 3. The zero-order chi connectivity index (χ0) is 13.0. The molecule has 0 radical (unpaired) electrons. The maximum atomic E-state index is 11.9. The first-order chi connectivity index (χ1) is 8.66. The van der Waals surface area contributed by atoms with Crippen LogP contribution in [0.15, 0.2) is 18.2 Å². The average molecular weight is 269 g/mol. The first-order valence-corrected chi connectivity index (χ1v) is 6.54. The maximum absolute atomic E-state index is 11.9. The summed E-state index contributed by atoms with van der Waals surface area (Å²) in [4.78, 5) is 11.9. The minimum absolute atomic E-state index is 0.0865. The number of benzene rings is 1. The molecule has 1 aliphatic rings. The van der Waals surface area contributed by atoms with Crippen molar-refractivity contribution in [3.63, 3.8) is 0 Å². The summed E-state index contributed by atoms with van der Waals surface area (Å²) in [6.07, 6.45) is 3.47. The zero-order valence-corrected chi connectivity index (χ0v) is 10.8. The van der Waals surface area contributed by atoms with Crippen molar-refractivity contribution in [3.05, 3.63) is 28.8 Å². The largest absolute Gasteiger partial charge is 0.507 e. The third-order valence-electron chi connectivity index (χ3n) is 3.13. The molecule has 0 bridgehead atoms. The lowest BCUT2D eigenvalue weighted by molar-refractivity contribution is 0.0945. The molecule has 0 spiro atoms. The molecule has 1 atom stereocenters. The van der Waals surface area contributed by atoms with E-state index in [-0.39, 0.29) is 17.2 Å². The van der Waals surface area contributed by atoms with Gasteiger partial charge in [0.2, 0.25) is 0 Å². The lowest BCUT2D eigenvalue weighted by Gasteiger charge is -2.23. The summed E-state index contributed by atoms with van der Waals surface area (Å²) in [6, 6.07) is 4.82. The highest BCUT2D eigenvalue weighted by atomic mass is 35.5. The Hall–Kier alpha value is -1.26. The molecule has 1 heterocycles. The van der Waals surface area contributed by atoms with Crippen LogP contribution in [0.2, 0.25) is 5.02 Å². The summed E-state index contributed by atoms with van der Waals surface area (Å²) in [5, 5.41) is 16.2. The molecule has 2 rings (SSSR count). The van der Waals surface area contributed by atoms with E-state index < -0.39 is 0 Å². The van der Waals surface area contributed by atoms with Crippen molar-refractivity contribution in [2.24, 2.45) is 0 Å². The number of halogens is 1. The number of nitrogens with one attached hydrogen (secondary N) is 2. The summed E-state index contributed by atoms with van der Waals surface area (Å²) < 4.78 is 0. The predicted octanol–water partition coefficient (Wildman–Crippen LogP) is 1.92. The van der Waals surface area contributed by atoms with E-state index in [1.165, 1.54) is 25.0 Å². The fourth-order valence-corrected chi connectivity index (χ4v) is 2.27. The molecule has 1 aromatic rings. The van der Waals surface area contributed by atoms with E-state index in [1.54, 1.807) is 6.07 Å². The lowest BCUT2D eigenvalue weighted by atomic mass is 10.0. The molecule has 18 heavy (non-hydrogen) atoms.